The van der Waals surface area contributed by atoms with Gasteiger partial charge in [-0.15, -0.1) is 0 Å². The SMILES string of the molecule is COC(=O)c1cccc(Nc2ncc(C(=O)Nc3cccc(OC)c3)cn2)c1. The number of hydrogen-bond donors (Lipinski definition) is 2. The molecule has 0 saturated carbocycles. The second kappa shape index (κ2) is 8.63. The van der Waals surface area contributed by atoms with Crippen LogP contribution in [0, 0.1) is 0 Å². The Kier molecular flexibility index (Phi) is 5.81. The molecule has 0 aliphatic carbocycles. The molecule has 0 aliphatic rings. The third-order valence-electron chi connectivity index (χ3n) is 3.78. The van der Waals surface area contributed by atoms with Gasteiger partial charge in [0.05, 0.1) is 25.3 Å². The van der Waals surface area contributed by atoms with Crippen molar-refractivity contribution < 1.29 is 19.1 Å². The zero-order valence-electron chi connectivity index (χ0n) is 15.3. The number of anilines is 3. The van der Waals surface area contributed by atoms with E-state index in [2.05, 4.69) is 20.6 Å². The van der Waals surface area contributed by atoms with Gasteiger partial charge in [0.1, 0.15) is 5.75 Å². The number of esters is 1. The fraction of sp³-hybridized carbons (Fsp3) is 0.100. The highest BCUT2D eigenvalue weighted by atomic mass is 16.5. The lowest BCUT2D eigenvalue weighted by Gasteiger charge is -2.08. The maximum Gasteiger partial charge on any atom is 0.337 e. The minimum Gasteiger partial charge on any atom is -0.497 e. The van der Waals surface area contributed by atoms with Crippen molar-refractivity contribution in [2.75, 3.05) is 24.9 Å². The summed E-state index contributed by atoms with van der Waals surface area (Å²) in [7, 11) is 2.88. The van der Waals surface area contributed by atoms with Gasteiger partial charge in [0.15, 0.2) is 0 Å². The van der Waals surface area contributed by atoms with E-state index in [-0.39, 0.29) is 5.91 Å². The third-order valence-corrected chi connectivity index (χ3v) is 3.78. The zero-order valence-corrected chi connectivity index (χ0v) is 15.3. The summed E-state index contributed by atoms with van der Waals surface area (Å²) in [6.45, 7) is 0. The van der Waals surface area contributed by atoms with Crippen LogP contribution < -0.4 is 15.4 Å². The molecule has 0 radical (unpaired) electrons. The Labute approximate surface area is 161 Å². The molecule has 1 amide bonds. The maximum absolute atomic E-state index is 12.3. The molecule has 8 heteroatoms. The van der Waals surface area contributed by atoms with Crippen LogP contribution in [0.5, 0.6) is 5.75 Å². The summed E-state index contributed by atoms with van der Waals surface area (Å²) in [5.74, 6) is 0.157. The van der Waals surface area contributed by atoms with Gasteiger partial charge in [0.2, 0.25) is 5.95 Å². The van der Waals surface area contributed by atoms with E-state index in [9.17, 15) is 9.59 Å². The van der Waals surface area contributed by atoms with Crippen molar-refractivity contribution in [2.24, 2.45) is 0 Å². The number of amides is 1. The molecule has 0 atom stereocenters. The van der Waals surface area contributed by atoms with E-state index in [0.29, 0.717) is 34.2 Å². The van der Waals surface area contributed by atoms with Crippen molar-refractivity contribution in [3.8, 4) is 5.75 Å². The van der Waals surface area contributed by atoms with Crippen LogP contribution in [0.3, 0.4) is 0 Å². The highest BCUT2D eigenvalue weighted by Gasteiger charge is 2.10. The second-order valence-electron chi connectivity index (χ2n) is 5.68. The van der Waals surface area contributed by atoms with Crippen LogP contribution in [0.2, 0.25) is 0 Å². The van der Waals surface area contributed by atoms with E-state index < -0.39 is 5.97 Å². The van der Waals surface area contributed by atoms with E-state index in [1.54, 1.807) is 55.6 Å². The first kappa shape index (κ1) is 18.8. The molecular weight excluding hydrogens is 360 g/mol. The smallest absolute Gasteiger partial charge is 0.337 e. The van der Waals surface area contributed by atoms with E-state index in [1.807, 2.05) is 0 Å². The summed E-state index contributed by atoms with van der Waals surface area (Å²) in [6.07, 6.45) is 2.82. The average Bonchev–Trinajstić information content (AvgIpc) is 2.74. The summed E-state index contributed by atoms with van der Waals surface area (Å²) >= 11 is 0. The lowest BCUT2D eigenvalue weighted by Crippen LogP contribution is -2.13. The fourth-order valence-corrected chi connectivity index (χ4v) is 2.38. The predicted octanol–water partition coefficient (Wildman–Crippen LogP) is 3.27. The summed E-state index contributed by atoms with van der Waals surface area (Å²) in [5.41, 5.74) is 1.93. The number of ether oxygens (including phenoxy) is 2. The Morgan fingerprint density at radius 2 is 1.61 bits per heavy atom. The summed E-state index contributed by atoms with van der Waals surface area (Å²) in [5, 5.41) is 5.73. The fourth-order valence-electron chi connectivity index (χ4n) is 2.38. The first-order valence-electron chi connectivity index (χ1n) is 8.32. The monoisotopic (exact) mass is 378 g/mol. The minimum absolute atomic E-state index is 0.292. The second-order valence-corrected chi connectivity index (χ2v) is 5.68. The average molecular weight is 378 g/mol. The molecule has 0 spiro atoms. The number of methoxy groups -OCH3 is 2. The van der Waals surface area contributed by atoms with E-state index in [4.69, 9.17) is 9.47 Å². The number of hydrogen-bond acceptors (Lipinski definition) is 7. The van der Waals surface area contributed by atoms with E-state index >= 15 is 0 Å². The molecule has 1 aromatic heterocycles. The Morgan fingerprint density at radius 3 is 2.32 bits per heavy atom. The number of nitrogens with zero attached hydrogens (tertiary/aromatic N) is 2. The molecule has 1 heterocycles. The molecule has 8 nitrogen and oxygen atoms in total. The largest absolute Gasteiger partial charge is 0.497 e. The normalized spacial score (nSPS) is 10.1. The topological polar surface area (TPSA) is 102 Å². The van der Waals surface area contributed by atoms with Gasteiger partial charge >= 0.3 is 5.97 Å². The molecule has 3 rings (SSSR count). The molecule has 142 valence electrons. The number of benzene rings is 2. The molecular formula is C20H18N4O4. The Bertz CT molecular complexity index is 990. The molecule has 0 bridgehead atoms. The van der Waals surface area contributed by atoms with Crippen LogP contribution in [0.15, 0.2) is 60.9 Å². The molecule has 0 aliphatic heterocycles. The van der Waals surface area contributed by atoms with Gasteiger partial charge in [-0.05, 0) is 30.3 Å². The van der Waals surface area contributed by atoms with Crippen LogP contribution in [0.1, 0.15) is 20.7 Å². The van der Waals surface area contributed by atoms with Crippen LogP contribution in [0.25, 0.3) is 0 Å². The van der Waals surface area contributed by atoms with Gasteiger partial charge in [-0.2, -0.15) is 0 Å². The Balaban J connectivity index is 1.67. The number of aromatic nitrogens is 2. The van der Waals surface area contributed by atoms with Gasteiger partial charge in [0.25, 0.3) is 5.91 Å². The van der Waals surface area contributed by atoms with Gasteiger partial charge in [0, 0.05) is 29.8 Å². The number of carbonyl (C=O) groups is 2. The number of carbonyl (C=O) groups excluding carboxylic acids is 2. The van der Waals surface area contributed by atoms with Gasteiger partial charge < -0.3 is 20.1 Å². The van der Waals surface area contributed by atoms with Crippen LogP contribution in [-0.2, 0) is 4.74 Å². The molecule has 0 saturated heterocycles. The van der Waals surface area contributed by atoms with Crippen molar-refractivity contribution in [2.45, 2.75) is 0 Å². The van der Waals surface area contributed by atoms with Crippen molar-refractivity contribution in [3.63, 3.8) is 0 Å². The van der Waals surface area contributed by atoms with Crippen LogP contribution in [-0.4, -0.2) is 36.1 Å². The van der Waals surface area contributed by atoms with E-state index in [1.165, 1.54) is 19.5 Å². The third kappa shape index (κ3) is 4.61. The molecule has 3 aromatic rings. The molecule has 0 fully saturated rings. The molecule has 2 N–H and O–H groups in total. The minimum atomic E-state index is -0.436. The number of nitrogens with one attached hydrogen (secondary N) is 2. The van der Waals surface area contributed by atoms with Crippen molar-refractivity contribution in [1.29, 1.82) is 0 Å². The molecule has 2 aromatic carbocycles. The van der Waals surface area contributed by atoms with Gasteiger partial charge in [-0.3, -0.25) is 4.79 Å². The predicted molar refractivity (Wildman–Crippen MR) is 104 cm³/mol. The summed E-state index contributed by atoms with van der Waals surface area (Å²) in [6, 6.07) is 13.8. The zero-order chi connectivity index (χ0) is 19.9. The van der Waals surface area contributed by atoms with Crippen LogP contribution >= 0.6 is 0 Å². The van der Waals surface area contributed by atoms with Crippen molar-refractivity contribution in [3.05, 3.63) is 72.1 Å². The highest BCUT2D eigenvalue weighted by molar-refractivity contribution is 6.04. The maximum atomic E-state index is 12.3. The van der Waals surface area contributed by atoms with Crippen LogP contribution in [0.4, 0.5) is 17.3 Å². The van der Waals surface area contributed by atoms with E-state index in [0.717, 1.165) is 0 Å². The van der Waals surface area contributed by atoms with Crippen molar-refractivity contribution >= 4 is 29.2 Å². The first-order chi connectivity index (χ1) is 13.6. The quantitative estimate of drug-likeness (QED) is 0.635. The summed E-state index contributed by atoms with van der Waals surface area (Å²) in [4.78, 5) is 32.2. The standard InChI is InChI=1S/C20H18N4O4/c1-27-17-8-4-7-16(10-17)23-18(25)14-11-21-20(22-12-14)24-15-6-3-5-13(9-15)19(26)28-2/h3-12H,1-2H3,(H,23,25)(H,21,22,24). The van der Waals surface area contributed by atoms with Gasteiger partial charge in [-0.25, -0.2) is 14.8 Å². The lowest BCUT2D eigenvalue weighted by atomic mass is 10.2. The highest BCUT2D eigenvalue weighted by Crippen LogP contribution is 2.18. The van der Waals surface area contributed by atoms with Crippen molar-refractivity contribution in [1.82, 2.24) is 9.97 Å². The summed E-state index contributed by atoms with van der Waals surface area (Å²) < 4.78 is 9.83. The first-order valence-corrected chi connectivity index (χ1v) is 8.32. The Morgan fingerprint density at radius 1 is 0.893 bits per heavy atom. The number of rotatable bonds is 6. The lowest BCUT2D eigenvalue weighted by molar-refractivity contribution is 0.0600. The molecule has 0 unspecified atom stereocenters. The Hall–Kier alpha value is -3.94. The molecule has 28 heavy (non-hydrogen) atoms. The van der Waals surface area contributed by atoms with Gasteiger partial charge in [-0.1, -0.05) is 12.1 Å².